The van der Waals surface area contributed by atoms with E-state index in [0.717, 1.165) is 92.6 Å². The van der Waals surface area contributed by atoms with E-state index in [9.17, 15) is 0 Å². The maximum absolute atomic E-state index is 5.27. The molecule has 0 spiro atoms. The summed E-state index contributed by atoms with van der Waals surface area (Å²) in [5.74, 6) is 2.55. The van der Waals surface area contributed by atoms with Crippen molar-refractivity contribution in [3.05, 3.63) is 54.4 Å². The zero-order valence-electron chi connectivity index (χ0n) is 20.1. The summed E-state index contributed by atoms with van der Waals surface area (Å²) >= 11 is 0. The molecular weight excluding hydrogens is 426 g/mol. The maximum atomic E-state index is 5.27. The molecule has 8 heteroatoms. The van der Waals surface area contributed by atoms with Gasteiger partial charge in [-0.25, -0.2) is 9.97 Å². The number of anilines is 2. The molecule has 34 heavy (non-hydrogen) atoms. The van der Waals surface area contributed by atoms with Gasteiger partial charge in [-0.3, -0.25) is 4.90 Å². The van der Waals surface area contributed by atoms with E-state index in [0.29, 0.717) is 0 Å². The predicted molar refractivity (Wildman–Crippen MR) is 137 cm³/mol. The second kappa shape index (κ2) is 10.3. The molecule has 178 valence electrons. The van der Waals surface area contributed by atoms with Crippen molar-refractivity contribution in [3.8, 4) is 5.75 Å². The van der Waals surface area contributed by atoms with E-state index < -0.39 is 0 Å². The second-order valence-electron chi connectivity index (χ2n) is 8.77. The molecule has 0 bridgehead atoms. The van der Waals surface area contributed by atoms with Crippen molar-refractivity contribution in [2.75, 3.05) is 56.6 Å². The third-order valence-corrected chi connectivity index (χ3v) is 6.44. The summed E-state index contributed by atoms with van der Waals surface area (Å²) in [5, 5.41) is 9.29. The van der Waals surface area contributed by atoms with Crippen molar-refractivity contribution in [1.82, 2.24) is 24.5 Å². The standard InChI is InChI=1S/C26H33N7O/c1-3-7-24-29-25-22-8-4-5-9-23(22)28-26(33(25)30-24)27-14-6-15-31-16-18-32(19-17-31)20-10-12-21(34-2)13-11-20/h4-5,8-13H,3,6-7,14-19H2,1-2H3,(H,27,28). The zero-order valence-corrected chi connectivity index (χ0v) is 20.1. The number of benzene rings is 2. The summed E-state index contributed by atoms with van der Waals surface area (Å²) in [7, 11) is 1.71. The lowest BCUT2D eigenvalue weighted by atomic mass is 10.2. The highest BCUT2D eigenvalue weighted by atomic mass is 16.5. The fourth-order valence-corrected chi connectivity index (χ4v) is 4.57. The Kier molecular flexibility index (Phi) is 6.76. The van der Waals surface area contributed by atoms with Crippen LogP contribution in [0.15, 0.2) is 48.5 Å². The van der Waals surface area contributed by atoms with Gasteiger partial charge in [0.15, 0.2) is 11.5 Å². The number of piperazine rings is 1. The molecule has 0 aliphatic carbocycles. The molecule has 0 unspecified atom stereocenters. The highest BCUT2D eigenvalue weighted by Gasteiger charge is 2.17. The van der Waals surface area contributed by atoms with Gasteiger partial charge in [-0.05, 0) is 55.8 Å². The van der Waals surface area contributed by atoms with Crippen molar-refractivity contribution in [2.45, 2.75) is 26.2 Å². The minimum absolute atomic E-state index is 0.771. The first kappa shape index (κ1) is 22.4. The van der Waals surface area contributed by atoms with Gasteiger partial charge in [-0.2, -0.15) is 4.52 Å². The van der Waals surface area contributed by atoms with Crippen LogP contribution >= 0.6 is 0 Å². The van der Waals surface area contributed by atoms with E-state index in [1.807, 2.05) is 34.8 Å². The molecule has 5 rings (SSSR count). The average molecular weight is 460 g/mol. The van der Waals surface area contributed by atoms with Crippen molar-refractivity contribution >= 4 is 28.2 Å². The first-order valence-corrected chi connectivity index (χ1v) is 12.2. The molecule has 1 fully saturated rings. The Morgan fingerprint density at radius 1 is 0.971 bits per heavy atom. The lowest BCUT2D eigenvalue weighted by Crippen LogP contribution is -2.46. The Morgan fingerprint density at radius 2 is 1.76 bits per heavy atom. The van der Waals surface area contributed by atoms with Crippen LogP contribution in [0.2, 0.25) is 0 Å². The fourth-order valence-electron chi connectivity index (χ4n) is 4.57. The van der Waals surface area contributed by atoms with Gasteiger partial charge in [-0.15, -0.1) is 5.10 Å². The Balaban J connectivity index is 1.16. The van der Waals surface area contributed by atoms with Gasteiger partial charge in [-0.1, -0.05) is 19.1 Å². The van der Waals surface area contributed by atoms with E-state index in [1.54, 1.807) is 7.11 Å². The summed E-state index contributed by atoms with van der Waals surface area (Å²) in [5.41, 5.74) is 3.09. The highest BCUT2D eigenvalue weighted by molar-refractivity contribution is 5.92. The fraction of sp³-hybridized carbons (Fsp3) is 0.423. The van der Waals surface area contributed by atoms with Crippen LogP contribution in [0.25, 0.3) is 16.6 Å². The number of rotatable bonds is 9. The van der Waals surface area contributed by atoms with Gasteiger partial charge in [0.05, 0.1) is 12.6 Å². The molecule has 0 amide bonds. The molecule has 1 N–H and O–H groups in total. The van der Waals surface area contributed by atoms with E-state index in [1.165, 1.54) is 5.69 Å². The summed E-state index contributed by atoms with van der Waals surface area (Å²) in [6, 6.07) is 16.5. The van der Waals surface area contributed by atoms with Gasteiger partial charge >= 0.3 is 0 Å². The molecule has 0 saturated carbocycles. The summed E-state index contributed by atoms with van der Waals surface area (Å²) in [6.07, 6.45) is 2.95. The van der Waals surface area contributed by atoms with Gasteiger partial charge in [0.1, 0.15) is 5.75 Å². The van der Waals surface area contributed by atoms with Crippen LogP contribution < -0.4 is 15.0 Å². The molecule has 2 aromatic carbocycles. The molecule has 4 aromatic rings. The Morgan fingerprint density at radius 3 is 2.53 bits per heavy atom. The number of aryl methyl sites for hydroxylation is 1. The largest absolute Gasteiger partial charge is 0.497 e. The lowest BCUT2D eigenvalue weighted by molar-refractivity contribution is 0.257. The number of hydrogen-bond donors (Lipinski definition) is 1. The molecule has 3 heterocycles. The minimum atomic E-state index is 0.771. The molecule has 0 atom stereocenters. The number of nitrogens with one attached hydrogen (secondary N) is 1. The van der Waals surface area contributed by atoms with Crippen molar-refractivity contribution in [1.29, 1.82) is 0 Å². The molecule has 2 aromatic heterocycles. The summed E-state index contributed by atoms with van der Waals surface area (Å²) in [6.45, 7) is 8.32. The number of aromatic nitrogens is 4. The van der Waals surface area contributed by atoms with Gasteiger partial charge in [0.2, 0.25) is 5.95 Å². The quantitative estimate of drug-likeness (QED) is 0.381. The van der Waals surface area contributed by atoms with Crippen LogP contribution in [0.5, 0.6) is 5.75 Å². The third-order valence-electron chi connectivity index (χ3n) is 6.44. The third kappa shape index (κ3) is 4.77. The Bertz CT molecular complexity index is 1230. The van der Waals surface area contributed by atoms with Gasteiger partial charge < -0.3 is 15.0 Å². The van der Waals surface area contributed by atoms with Crippen LogP contribution in [0.3, 0.4) is 0 Å². The molecule has 1 saturated heterocycles. The Labute approximate surface area is 200 Å². The lowest BCUT2D eigenvalue weighted by Gasteiger charge is -2.36. The number of methoxy groups -OCH3 is 1. The first-order chi connectivity index (χ1) is 16.7. The number of ether oxygens (including phenoxy) is 1. The number of nitrogens with zero attached hydrogens (tertiary/aromatic N) is 6. The summed E-state index contributed by atoms with van der Waals surface area (Å²) in [4.78, 5) is 14.6. The number of fused-ring (bicyclic) bond motifs is 3. The van der Waals surface area contributed by atoms with E-state index in [4.69, 9.17) is 19.8 Å². The van der Waals surface area contributed by atoms with Crippen molar-refractivity contribution in [2.24, 2.45) is 0 Å². The van der Waals surface area contributed by atoms with Gasteiger partial charge in [0.25, 0.3) is 0 Å². The first-order valence-electron chi connectivity index (χ1n) is 12.2. The van der Waals surface area contributed by atoms with E-state index in [2.05, 4.69) is 40.2 Å². The van der Waals surface area contributed by atoms with Crippen molar-refractivity contribution in [3.63, 3.8) is 0 Å². The molecule has 0 radical (unpaired) electrons. The highest BCUT2D eigenvalue weighted by Crippen LogP contribution is 2.22. The second-order valence-corrected chi connectivity index (χ2v) is 8.77. The maximum Gasteiger partial charge on any atom is 0.226 e. The minimum Gasteiger partial charge on any atom is -0.497 e. The normalized spacial score (nSPS) is 14.7. The van der Waals surface area contributed by atoms with Crippen LogP contribution in [-0.2, 0) is 6.42 Å². The smallest absolute Gasteiger partial charge is 0.226 e. The summed E-state index contributed by atoms with van der Waals surface area (Å²) < 4.78 is 7.15. The average Bonchev–Trinajstić information content (AvgIpc) is 3.31. The Hall–Kier alpha value is -3.39. The van der Waals surface area contributed by atoms with Crippen molar-refractivity contribution < 1.29 is 4.74 Å². The van der Waals surface area contributed by atoms with Crippen LogP contribution in [0.4, 0.5) is 11.6 Å². The number of hydrogen-bond acceptors (Lipinski definition) is 7. The molecule has 8 nitrogen and oxygen atoms in total. The number of para-hydroxylation sites is 1. The van der Waals surface area contributed by atoms with Crippen LogP contribution in [0.1, 0.15) is 25.6 Å². The SMILES string of the molecule is CCCc1nc2c3ccccc3nc(NCCCN3CCN(c4ccc(OC)cc4)CC3)n2n1. The molecule has 1 aliphatic heterocycles. The predicted octanol–water partition coefficient (Wildman–Crippen LogP) is 3.86. The van der Waals surface area contributed by atoms with Crippen LogP contribution in [-0.4, -0.2) is 70.9 Å². The van der Waals surface area contributed by atoms with Crippen LogP contribution in [0, 0.1) is 0 Å². The van der Waals surface area contributed by atoms with E-state index in [-0.39, 0.29) is 0 Å². The zero-order chi connectivity index (χ0) is 23.3. The topological polar surface area (TPSA) is 70.8 Å². The molecular formula is C26H33N7O. The monoisotopic (exact) mass is 459 g/mol. The van der Waals surface area contributed by atoms with Gasteiger partial charge in [0, 0.05) is 50.2 Å². The molecule has 1 aliphatic rings. The van der Waals surface area contributed by atoms with E-state index >= 15 is 0 Å².